The normalized spacial score (nSPS) is 11.3. The Morgan fingerprint density at radius 3 is 2.62 bits per heavy atom. The number of halogens is 1. The van der Waals surface area contributed by atoms with Gasteiger partial charge in [-0.1, -0.05) is 18.2 Å². The number of hydrogen-bond donors (Lipinski definition) is 1. The van der Waals surface area contributed by atoms with Crippen molar-refractivity contribution in [2.75, 3.05) is 5.32 Å². The fourth-order valence-electron chi connectivity index (χ4n) is 2.47. The fraction of sp³-hybridized carbons (Fsp3) is 0.143. The highest BCUT2D eigenvalue weighted by Crippen LogP contribution is 2.27. The molecule has 5 heteroatoms. The summed E-state index contributed by atoms with van der Waals surface area (Å²) in [7, 11) is 0. The summed E-state index contributed by atoms with van der Waals surface area (Å²) < 4.78 is 13.4. The average molecular weight is 363 g/mol. The van der Waals surface area contributed by atoms with Crippen LogP contribution in [0.2, 0.25) is 0 Å². The summed E-state index contributed by atoms with van der Waals surface area (Å²) >= 11 is 1.41. The summed E-state index contributed by atoms with van der Waals surface area (Å²) in [5.41, 5.74) is 6.25. The summed E-state index contributed by atoms with van der Waals surface area (Å²) in [6.07, 6.45) is 1.57. The van der Waals surface area contributed by atoms with Crippen LogP contribution in [0.25, 0.3) is 16.8 Å². The molecule has 0 amide bonds. The summed E-state index contributed by atoms with van der Waals surface area (Å²) in [5, 5.41) is 15.1. The minimum atomic E-state index is -0.323. The molecule has 1 heterocycles. The van der Waals surface area contributed by atoms with E-state index in [4.69, 9.17) is 0 Å². The monoisotopic (exact) mass is 363 g/mol. The van der Waals surface area contributed by atoms with Crippen LogP contribution in [-0.2, 0) is 0 Å². The Morgan fingerprint density at radius 2 is 1.88 bits per heavy atom. The van der Waals surface area contributed by atoms with Crippen LogP contribution < -0.4 is 5.32 Å². The topological polar surface area (TPSA) is 48.7 Å². The van der Waals surface area contributed by atoms with Crippen LogP contribution >= 0.6 is 11.3 Å². The highest BCUT2D eigenvalue weighted by atomic mass is 32.1. The molecule has 0 saturated heterocycles. The zero-order valence-electron chi connectivity index (χ0n) is 14.8. The Labute approximate surface area is 156 Å². The van der Waals surface area contributed by atoms with Crippen LogP contribution in [0.1, 0.15) is 21.7 Å². The molecule has 130 valence electrons. The number of nitriles is 1. The van der Waals surface area contributed by atoms with E-state index in [9.17, 15) is 9.65 Å². The van der Waals surface area contributed by atoms with Gasteiger partial charge in [0.15, 0.2) is 0 Å². The minimum absolute atomic E-state index is 0.323. The van der Waals surface area contributed by atoms with E-state index in [1.165, 1.54) is 34.6 Å². The maximum absolute atomic E-state index is 13.4. The molecule has 26 heavy (non-hydrogen) atoms. The zero-order valence-corrected chi connectivity index (χ0v) is 15.6. The predicted molar refractivity (Wildman–Crippen MR) is 105 cm³/mol. The molecule has 0 atom stereocenters. The van der Waals surface area contributed by atoms with Crippen molar-refractivity contribution in [1.29, 1.82) is 5.26 Å². The highest BCUT2D eigenvalue weighted by Gasteiger charge is 2.10. The molecule has 0 fully saturated rings. The first-order chi connectivity index (χ1) is 12.5. The van der Waals surface area contributed by atoms with E-state index >= 15 is 0 Å². The lowest BCUT2D eigenvalue weighted by atomic mass is 10.1. The van der Waals surface area contributed by atoms with Crippen molar-refractivity contribution in [1.82, 2.24) is 4.98 Å². The van der Waals surface area contributed by atoms with Gasteiger partial charge in [0.25, 0.3) is 0 Å². The van der Waals surface area contributed by atoms with Crippen LogP contribution in [0, 0.1) is 37.9 Å². The first-order valence-electron chi connectivity index (χ1n) is 8.14. The van der Waals surface area contributed by atoms with E-state index in [0.29, 0.717) is 16.3 Å². The van der Waals surface area contributed by atoms with Crippen LogP contribution in [0.3, 0.4) is 0 Å². The predicted octanol–water partition coefficient (Wildman–Crippen LogP) is 5.85. The van der Waals surface area contributed by atoms with Gasteiger partial charge in [-0.15, -0.1) is 11.3 Å². The van der Waals surface area contributed by atoms with E-state index in [0.717, 1.165) is 16.8 Å². The number of nitrogens with zero attached hydrogens (tertiary/aromatic N) is 2. The Morgan fingerprint density at radius 1 is 1.12 bits per heavy atom. The van der Waals surface area contributed by atoms with Crippen molar-refractivity contribution in [2.45, 2.75) is 20.8 Å². The van der Waals surface area contributed by atoms with Gasteiger partial charge in [0.2, 0.25) is 0 Å². The second-order valence-electron chi connectivity index (χ2n) is 6.11. The van der Waals surface area contributed by atoms with Crippen LogP contribution in [0.5, 0.6) is 0 Å². The second kappa shape index (κ2) is 7.51. The quantitative estimate of drug-likeness (QED) is 0.591. The summed E-state index contributed by atoms with van der Waals surface area (Å²) in [4.78, 5) is 4.59. The molecule has 0 aliphatic rings. The number of aryl methyl sites for hydroxylation is 3. The number of hydrogen-bond acceptors (Lipinski definition) is 4. The molecule has 1 aromatic heterocycles. The Bertz CT molecular complexity index is 1030. The Hall–Kier alpha value is -2.97. The molecule has 0 aliphatic heterocycles. The third-order valence-electron chi connectivity index (χ3n) is 4.23. The lowest BCUT2D eigenvalue weighted by Crippen LogP contribution is -1.94. The fourth-order valence-corrected chi connectivity index (χ4v) is 3.27. The number of rotatable bonds is 4. The SMILES string of the molecule is Cc1ccc(-c2csc(C(C#N)=CNc3cc(F)ccc3C)n2)cc1C. The maximum atomic E-state index is 13.4. The van der Waals surface area contributed by atoms with Crippen LogP contribution in [0.4, 0.5) is 10.1 Å². The van der Waals surface area contributed by atoms with E-state index in [1.807, 2.05) is 18.4 Å². The van der Waals surface area contributed by atoms with Gasteiger partial charge in [0.1, 0.15) is 22.5 Å². The molecule has 3 aromatic rings. The van der Waals surface area contributed by atoms with Gasteiger partial charge in [-0.2, -0.15) is 5.26 Å². The number of thiazole rings is 1. The van der Waals surface area contributed by atoms with Gasteiger partial charge in [0, 0.05) is 22.8 Å². The van der Waals surface area contributed by atoms with Gasteiger partial charge in [-0.25, -0.2) is 9.37 Å². The number of benzene rings is 2. The number of anilines is 1. The molecule has 3 nitrogen and oxygen atoms in total. The number of aromatic nitrogens is 1. The van der Waals surface area contributed by atoms with Crippen molar-refractivity contribution in [2.24, 2.45) is 0 Å². The molecule has 2 aromatic carbocycles. The minimum Gasteiger partial charge on any atom is -0.360 e. The maximum Gasteiger partial charge on any atom is 0.136 e. The highest BCUT2D eigenvalue weighted by molar-refractivity contribution is 7.11. The molecule has 0 unspecified atom stereocenters. The molecule has 0 spiro atoms. The van der Waals surface area contributed by atoms with E-state index in [-0.39, 0.29) is 5.82 Å². The first-order valence-corrected chi connectivity index (χ1v) is 9.02. The lowest BCUT2D eigenvalue weighted by Gasteiger charge is -2.05. The number of allylic oxidation sites excluding steroid dienone is 1. The van der Waals surface area contributed by atoms with E-state index in [1.54, 1.807) is 12.3 Å². The van der Waals surface area contributed by atoms with Gasteiger partial charge >= 0.3 is 0 Å². The van der Waals surface area contributed by atoms with E-state index < -0.39 is 0 Å². The van der Waals surface area contributed by atoms with E-state index in [2.05, 4.69) is 42.4 Å². The largest absolute Gasteiger partial charge is 0.360 e. The zero-order chi connectivity index (χ0) is 18.7. The van der Waals surface area contributed by atoms with Crippen molar-refractivity contribution in [3.63, 3.8) is 0 Å². The lowest BCUT2D eigenvalue weighted by molar-refractivity contribution is 0.628. The molecule has 3 rings (SSSR count). The van der Waals surface area contributed by atoms with Crippen LogP contribution in [-0.4, -0.2) is 4.98 Å². The van der Waals surface area contributed by atoms with Gasteiger partial charge in [-0.3, -0.25) is 0 Å². The average Bonchev–Trinajstić information content (AvgIpc) is 3.10. The number of nitrogens with one attached hydrogen (secondary N) is 1. The first kappa shape index (κ1) is 17.8. The van der Waals surface area contributed by atoms with Crippen molar-refractivity contribution < 1.29 is 4.39 Å². The molecule has 0 aliphatic carbocycles. The van der Waals surface area contributed by atoms with Crippen molar-refractivity contribution >= 4 is 22.6 Å². The third-order valence-corrected chi connectivity index (χ3v) is 5.10. The Balaban J connectivity index is 1.87. The standard InChI is InChI=1S/C21H18FN3S/c1-13-4-6-16(8-15(13)3)20-12-26-21(25-20)17(10-23)11-24-19-9-18(22)7-5-14(19)2/h4-9,11-12,24H,1-3H3. The summed E-state index contributed by atoms with van der Waals surface area (Å²) in [5.74, 6) is -0.323. The molecule has 0 saturated carbocycles. The molecule has 0 radical (unpaired) electrons. The van der Waals surface area contributed by atoms with Gasteiger partial charge in [0.05, 0.1) is 5.69 Å². The van der Waals surface area contributed by atoms with Gasteiger partial charge in [-0.05, 0) is 55.7 Å². The molecule has 0 bridgehead atoms. The summed E-state index contributed by atoms with van der Waals surface area (Å²) in [6, 6.07) is 12.9. The second-order valence-corrected chi connectivity index (χ2v) is 6.97. The molecular formula is C21H18FN3S. The van der Waals surface area contributed by atoms with Gasteiger partial charge < -0.3 is 5.32 Å². The van der Waals surface area contributed by atoms with Crippen LogP contribution in [0.15, 0.2) is 48.0 Å². The smallest absolute Gasteiger partial charge is 0.136 e. The molecular weight excluding hydrogens is 345 g/mol. The third kappa shape index (κ3) is 3.81. The van der Waals surface area contributed by atoms with Crippen molar-refractivity contribution in [3.8, 4) is 17.3 Å². The van der Waals surface area contributed by atoms with Crippen molar-refractivity contribution in [3.05, 3.63) is 75.5 Å². The summed E-state index contributed by atoms with van der Waals surface area (Å²) in [6.45, 7) is 6.02. The molecule has 1 N–H and O–H groups in total. The Kier molecular flexibility index (Phi) is 5.15.